The number of carbonyl (C=O) groups excluding carboxylic acids is 1. The summed E-state index contributed by atoms with van der Waals surface area (Å²) in [6.07, 6.45) is 9.46. The SMILES string of the molecule is CCCCCCCCCn1c(C2CC(=O)N(c3ccccc3Cl)C2)nc2ccccc21. The highest BCUT2D eigenvalue weighted by atomic mass is 35.5. The number of halogens is 1. The van der Waals surface area contributed by atoms with Crippen LogP contribution in [0, 0.1) is 0 Å². The quantitative estimate of drug-likeness (QED) is 0.321. The van der Waals surface area contributed by atoms with Crippen molar-refractivity contribution in [3.63, 3.8) is 0 Å². The number of carbonyl (C=O) groups is 1. The van der Waals surface area contributed by atoms with Crippen LogP contribution in [0.5, 0.6) is 0 Å². The monoisotopic (exact) mass is 437 g/mol. The third kappa shape index (κ3) is 4.95. The van der Waals surface area contributed by atoms with E-state index >= 15 is 0 Å². The van der Waals surface area contributed by atoms with E-state index in [-0.39, 0.29) is 11.8 Å². The normalized spacial score (nSPS) is 16.5. The summed E-state index contributed by atoms with van der Waals surface area (Å²) in [5.74, 6) is 1.24. The van der Waals surface area contributed by atoms with E-state index in [1.165, 1.54) is 44.0 Å². The van der Waals surface area contributed by atoms with Gasteiger partial charge in [0.1, 0.15) is 5.82 Å². The van der Waals surface area contributed by atoms with Gasteiger partial charge in [-0.25, -0.2) is 4.98 Å². The molecule has 1 amide bonds. The van der Waals surface area contributed by atoms with E-state index in [9.17, 15) is 4.79 Å². The lowest BCUT2D eigenvalue weighted by molar-refractivity contribution is -0.117. The van der Waals surface area contributed by atoms with E-state index in [1.807, 2.05) is 35.2 Å². The largest absolute Gasteiger partial charge is 0.328 e. The highest BCUT2D eigenvalue weighted by Gasteiger charge is 2.35. The predicted octanol–water partition coefficient (Wildman–Crippen LogP) is 6.96. The van der Waals surface area contributed by atoms with Crippen molar-refractivity contribution in [2.24, 2.45) is 0 Å². The molecule has 0 N–H and O–H groups in total. The topological polar surface area (TPSA) is 38.1 Å². The minimum absolute atomic E-state index is 0.0840. The van der Waals surface area contributed by atoms with Crippen molar-refractivity contribution in [3.05, 3.63) is 59.4 Å². The fourth-order valence-electron chi connectivity index (χ4n) is 4.65. The van der Waals surface area contributed by atoms with Gasteiger partial charge in [-0.3, -0.25) is 4.79 Å². The molecular weight excluding hydrogens is 406 g/mol. The molecule has 164 valence electrons. The van der Waals surface area contributed by atoms with Gasteiger partial charge in [-0.15, -0.1) is 0 Å². The summed E-state index contributed by atoms with van der Waals surface area (Å²) in [6.45, 7) is 3.84. The second-order valence-corrected chi connectivity index (χ2v) is 9.00. The van der Waals surface area contributed by atoms with Gasteiger partial charge in [0, 0.05) is 25.4 Å². The van der Waals surface area contributed by atoms with Crippen molar-refractivity contribution in [1.82, 2.24) is 9.55 Å². The zero-order valence-corrected chi connectivity index (χ0v) is 19.2. The average Bonchev–Trinajstić information content (AvgIpc) is 3.34. The minimum Gasteiger partial charge on any atom is -0.328 e. The van der Waals surface area contributed by atoms with Crippen molar-refractivity contribution in [2.75, 3.05) is 11.4 Å². The minimum atomic E-state index is 0.0840. The lowest BCUT2D eigenvalue weighted by atomic mass is 10.1. The summed E-state index contributed by atoms with van der Waals surface area (Å²) in [7, 11) is 0. The Morgan fingerprint density at radius 1 is 0.968 bits per heavy atom. The van der Waals surface area contributed by atoms with Gasteiger partial charge < -0.3 is 9.47 Å². The number of benzene rings is 2. The first-order chi connectivity index (χ1) is 15.2. The van der Waals surface area contributed by atoms with Gasteiger partial charge in [0.05, 0.1) is 21.7 Å². The molecule has 1 aromatic heterocycles. The van der Waals surface area contributed by atoms with Crippen LogP contribution >= 0.6 is 11.6 Å². The number of aromatic nitrogens is 2. The van der Waals surface area contributed by atoms with E-state index < -0.39 is 0 Å². The molecule has 1 saturated heterocycles. The molecule has 0 spiro atoms. The predicted molar refractivity (Wildman–Crippen MR) is 129 cm³/mol. The number of nitrogens with zero attached hydrogens (tertiary/aromatic N) is 3. The first kappa shape index (κ1) is 21.9. The zero-order chi connectivity index (χ0) is 21.6. The van der Waals surface area contributed by atoms with Crippen LogP contribution in [0.15, 0.2) is 48.5 Å². The number of fused-ring (bicyclic) bond motifs is 1. The Balaban J connectivity index is 1.50. The summed E-state index contributed by atoms with van der Waals surface area (Å²) in [4.78, 5) is 19.6. The van der Waals surface area contributed by atoms with Crippen LogP contribution in [-0.2, 0) is 11.3 Å². The molecule has 0 aliphatic carbocycles. The maximum absolute atomic E-state index is 12.9. The number of aryl methyl sites for hydroxylation is 1. The van der Waals surface area contributed by atoms with E-state index in [4.69, 9.17) is 16.6 Å². The lowest BCUT2D eigenvalue weighted by Gasteiger charge is -2.18. The molecular formula is C26H32ClN3O. The van der Waals surface area contributed by atoms with Crippen molar-refractivity contribution < 1.29 is 4.79 Å². The molecule has 1 aliphatic rings. The number of imidazole rings is 1. The lowest BCUT2D eigenvalue weighted by Crippen LogP contribution is -2.24. The van der Waals surface area contributed by atoms with Gasteiger partial charge in [-0.2, -0.15) is 0 Å². The first-order valence-corrected chi connectivity index (χ1v) is 12.1. The molecule has 2 heterocycles. The molecule has 1 unspecified atom stereocenters. The highest BCUT2D eigenvalue weighted by Crippen LogP contribution is 2.36. The molecule has 1 atom stereocenters. The van der Waals surface area contributed by atoms with Crippen LogP contribution in [0.3, 0.4) is 0 Å². The molecule has 3 aromatic rings. The van der Waals surface area contributed by atoms with Gasteiger partial charge in [0.25, 0.3) is 0 Å². The van der Waals surface area contributed by atoms with Crippen LogP contribution in [-0.4, -0.2) is 22.0 Å². The summed E-state index contributed by atoms with van der Waals surface area (Å²) in [5.41, 5.74) is 2.99. The fourth-order valence-corrected chi connectivity index (χ4v) is 4.89. The Hall–Kier alpha value is -2.33. The summed E-state index contributed by atoms with van der Waals surface area (Å²) < 4.78 is 2.36. The molecule has 4 rings (SSSR count). The molecule has 0 saturated carbocycles. The Morgan fingerprint density at radius 3 is 2.48 bits per heavy atom. The Bertz CT molecular complexity index is 1030. The molecule has 1 aliphatic heterocycles. The second kappa shape index (κ2) is 10.3. The maximum Gasteiger partial charge on any atom is 0.227 e. The smallest absolute Gasteiger partial charge is 0.227 e. The van der Waals surface area contributed by atoms with Crippen LogP contribution in [0.25, 0.3) is 11.0 Å². The van der Waals surface area contributed by atoms with Crippen LogP contribution in [0.1, 0.15) is 70.0 Å². The molecule has 2 aromatic carbocycles. The third-order valence-electron chi connectivity index (χ3n) is 6.30. The van der Waals surface area contributed by atoms with E-state index in [0.29, 0.717) is 18.0 Å². The van der Waals surface area contributed by atoms with Gasteiger partial charge in [0.2, 0.25) is 5.91 Å². The van der Waals surface area contributed by atoms with Crippen molar-refractivity contribution in [1.29, 1.82) is 0 Å². The number of rotatable bonds is 10. The second-order valence-electron chi connectivity index (χ2n) is 8.59. The molecule has 5 heteroatoms. The first-order valence-electron chi connectivity index (χ1n) is 11.7. The third-order valence-corrected chi connectivity index (χ3v) is 6.62. The summed E-state index contributed by atoms with van der Waals surface area (Å²) in [6, 6.07) is 15.9. The van der Waals surface area contributed by atoms with Gasteiger partial charge in [-0.1, -0.05) is 81.3 Å². The van der Waals surface area contributed by atoms with Gasteiger partial charge in [0.15, 0.2) is 0 Å². The number of unbranched alkanes of at least 4 members (excludes halogenated alkanes) is 6. The molecule has 4 nitrogen and oxygen atoms in total. The van der Waals surface area contributed by atoms with Gasteiger partial charge >= 0.3 is 0 Å². The van der Waals surface area contributed by atoms with Crippen molar-refractivity contribution >= 4 is 34.2 Å². The standard InChI is InChI=1S/C26H32ClN3O/c1-2-3-4-5-6-7-12-17-29-24-16-11-9-14-22(24)28-26(29)20-18-25(31)30(19-20)23-15-10-8-13-21(23)27/h8-11,13-16,20H,2-7,12,17-19H2,1H3. The van der Waals surface area contributed by atoms with Crippen LogP contribution in [0.2, 0.25) is 5.02 Å². The fraction of sp³-hybridized carbons (Fsp3) is 0.462. The average molecular weight is 438 g/mol. The number of para-hydroxylation sites is 3. The van der Waals surface area contributed by atoms with Crippen molar-refractivity contribution in [2.45, 2.75) is 70.8 Å². The van der Waals surface area contributed by atoms with E-state index in [2.05, 4.69) is 29.7 Å². The number of hydrogen-bond donors (Lipinski definition) is 0. The number of anilines is 1. The zero-order valence-electron chi connectivity index (χ0n) is 18.4. The Labute approximate surface area is 190 Å². The van der Waals surface area contributed by atoms with Crippen LogP contribution < -0.4 is 4.90 Å². The molecule has 31 heavy (non-hydrogen) atoms. The molecule has 0 bridgehead atoms. The number of amides is 1. The van der Waals surface area contributed by atoms with Crippen LogP contribution in [0.4, 0.5) is 5.69 Å². The van der Waals surface area contributed by atoms with Crippen molar-refractivity contribution in [3.8, 4) is 0 Å². The number of hydrogen-bond acceptors (Lipinski definition) is 2. The highest BCUT2D eigenvalue weighted by molar-refractivity contribution is 6.33. The Morgan fingerprint density at radius 2 is 1.68 bits per heavy atom. The molecule has 0 radical (unpaired) electrons. The van der Waals surface area contributed by atoms with E-state index in [0.717, 1.165) is 30.0 Å². The van der Waals surface area contributed by atoms with Gasteiger partial charge in [-0.05, 0) is 30.7 Å². The Kier molecular flexibility index (Phi) is 7.29. The summed E-state index contributed by atoms with van der Waals surface area (Å²) in [5, 5.41) is 0.619. The maximum atomic E-state index is 12.9. The molecule has 1 fully saturated rings. The van der Waals surface area contributed by atoms with E-state index in [1.54, 1.807) is 0 Å². The summed E-state index contributed by atoms with van der Waals surface area (Å²) >= 11 is 6.37.